The van der Waals surface area contributed by atoms with Crippen LogP contribution in [-0.2, 0) is 0 Å². The smallest absolute Gasteiger partial charge is 0.251 e. The van der Waals surface area contributed by atoms with Crippen molar-refractivity contribution in [1.29, 1.82) is 0 Å². The van der Waals surface area contributed by atoms with E-state index in [0.717, 1.165) is 36.0 Å². The molecule has 128 valence electrons. The van der Waals surface area contributed by atoms with E-state index in [1.165, 1.54) is 12.1 Å². The third kappa shape index (κ3) is 3.15. The Hall–Kier alpha value is -2.66. The van der Waals surface area contributed by atoms with Gasteiger partial charge in [-0.05, 0) is 48.9 Å². The van der Waals surface area contributed by atoms with E-state index in [1.54, 1.807) is 0 Å². The van der Waals surface area contributed by atoms with Gasteiger partial charge in [0.1, 0.15) is 5.82 Å². The summed E-state index contributed by atoms with van der Waals surface area (Å²) in [4.78, 5) is 15.7. The van der Waals surface area contributed by atoms with E-state index in [4.69, 9.17) is 0 Å². The fourth-order valence-electron chi connectivity index (χ4n) is 3.65. The van der Waals surface area contributed by atoms with Crippen molar-refractivity contribution in [1.82, 2.24) is 15.6 Å². The molecule has 4 rings (SSSR count). The van der Waals surface area contributed by atoms with Crippen LogP contribution in [0.25, 0.3) is 10.9 Å². The van der Waals surface area contributed by atoms with E-state index in [9.17, 15) is 9.18 Å². The first-order valence-electron chi connectivity index (χ1n) is 8.55. The number of carbonyl (C=O) groups is 1. The molecule has 5 heteroatoms. The SMILES string of the molecule is O=C(NC1CNCCC1c1c[nH]c2cc(F)ccc12)c1ccccc1. The lowest BCUT2D eigenvalue weighted by Crippen LogP contribution is -2.50. The fourth-order valence-corrected chi connectivity index (χ4v) is 3.65. The molecule has 2 aromatic carbocycles. The summed E-state index contributed by atoms with van der Waals surface area (Å²) in [5.41, 5.74) is 2.59. The van der Waals surface area contributed by atoms with E-state index >= 15 is 0 Å². The Morgan fingerprint density at radius 2 is 2.00 bits per heavy atom. The first-order valence-corrected chi connectivity index (χ1v) is 8.55. The lowest BCUT2D eigenvalue weighted by Gasteiger charge is -2.33. The predicted molar refractivity (Wildman–Crippen MR) is 96.2 cm³/mol. The summed E-state index contributed by atoms with van der Waals surface area (Å²) >= 11 is 0. The van der Waals surface area contributed by atoms with Crippen molar-refractivity contribution in [2.45, 2.75) is 18.4 Å². The average molecular weight is 337 g/mol. The van der Waals surface area contributed by atoms with Gasteiger partial charge in [-0.1, -0.05) is 18.2 Å². The van der Waals surface area contributed by atoms with Gasteiger partial charge in [0.25, 0.3) is 5.91 Å². The molecular weight excluding hydrogens is 317 g/mol. The van der Waals surface area contributed by atoms with Crippen molar-refractivity contribution >= 4 is 16.8 Å². The Labute approximate surface area is 145 Å². The highest BCUT2D eigenvalue weighted by Gasteiger charge is 2.29. The third-order valence-corrected chi connectivity index (χ3v) is 4.91. The Balaban J connectivity index is 1.61. The molecule has 3 aromatic rings. The van der Waals surface area contributed by atoms with Gasteiger partial charge in [-0.3, -0.25) is 4.79 Å². The summed E-state index contributed by atoms with van der Waals surface area (Å²) in [5.74, 6) is -0.126. The summed E-state index contributed by atoms with van der Waals surface area (Å²) in [7, 11) is 0. The number of nitrogens with one attached hydrogen (secondary N) is 3. The second-order valence-electron chi connectivity index (χ2n) is 6.48. The highest BCUT2D eigenvalue weighted by Crippen LogP contribution is 2.32. The van der Waals surface area contributed by atoms with Crippen molar-refractivity contribution in [2.24, 2.45) is 0 Å². The van der Waals surface area contributed by atoms with Crippen LogP contribution in [0.2, 0.25) is 0 Å². The van der Waals surface area contributed by atoms with E-state index in [0.29, 0.717) is 5.56 Å². The number of hydrogen-bond donors (Lipinski definition) is 3. The van der Waals surface area contributed by atoms with Gasteiger partial charge in [0, 0.05) is 41.2 Å². The van der Waals surface area contributed by atoms with Crippen molar-refractivity contribution in [3.63, 3.8) is 0 Å². The Bertz CT molecular complexity index is 890. The number of aromatic amines is 1. The monoisotopic (exact) mass is 337 g/mol. The fraction of sp³-hybridized carbons (Fsp3) is 0.250. The zero-order valence-corrected chi connectivity index (χ0v) is 13.8. The van der Waals surface area contributed by atoms with E-state index in [2.05, 4.69) is 15.6 Å². The maximum atomic E-state index is 13.4. The maximum absolute atomic E-state index is 13.4. The first kappa shape index (κ1) is 15.8. The van der Waals surface area contributed by atoms with Gasteiger partial charge in [0.2, 0.25) is 0 Å². The predicted octanol–water partition coefficient (Wildman–Crippen LogP) is 3.18. The molecule has 0 radical (unpaired) electrons. The summed E-state index contributed by atoms with van der Waals surface area (Å²) in [6, 6.07) is 14.0. The van der Waals surface area contributed by atoms with Gasteiger partial charge in [-0.25, -0.2) is 4.39 Å². The van der Waals surface area contributed by atoms with Crippen LogP contribution >= 0.6 is 0 Å². The number of aromatic nitrogens is 1. The molecule has 0 bridgehead atoms. The molecule has 2 heterocycles. The molecule has 1 saturated heterocycles. The number of hydrogen-bond acceptors (Lipinski definition) is 2. The number of amides is 1. The quantitative estimate of drug-likeness (QED) is 0.687. The van der Waals surface area contributed by atoms with Gasteiger partial charge in [0.15, 0.2) is 0 Å². The molecular formula is C20H20FN3O. The standard InChI is InChI=1S/C20H20FN3O/c21-14-6-7-15-17(11-23-18(15)10-14)16-8-9-22-12-19(16)24-20(25)13-4-2-1-3-5-13/h1-7,10-11,16,19,22-23H,8-9,12H2,(H,24,25). The minimum Gasteiger partial charge on any atom is -0.361 e. The van der Waals surface area contributed by atoms with Crippen LogP contribution in [0.15, 0.2) is 54.7 Å². The topological polar surface area (TPSA) is 56.9 Å². The van der Waals surface area contributed by atoms with Crippen molar-refractivity contribution in [2.75, 3.05) is 13.1 Å². The van der Waals surface area contributed by atoms with Crippen LogP contribution in [-0.4, -0.2) is 30.0 Å². The van der Waals surface area contributed by atoms with Gasteiger partial charge in [-0.15, -0.1) is 0 Å². The molecule has 1 fully saturated rings. The number of carbonyl (C=O) groups excluding carboxylic acids is 1. The molecule has 25 heavy (non-hydrogen) atoms. The lowest BCUT2D eigenvalue weighted by atomic mass is 9.85. The largest absolute Gasteiger partial charge is 0.361 e. The molecule has 0 aliphatic carbocycles. The van der Waals surface area contributed by atoms with E-state index in [-0.39, 0.29) is 23.7 Å². The van der Waals surface area contributed by atoms with Crippen LogP contribution < -0.4 is 10.6 Å². The molecule has 0 saturated carbocycles. The van der Waals surface area contributed by atoms with Gasteiger partial charge in [-0.2, -0.15) is 0 Å². The Morgan fingerprint density at radius 1 is 1.16 bits per heavy atom. The minimum atomic E-state index is -0.250. The zero-order valence-electron chi connectivity index (χ0n) is 13.8. The number of benzene rings is 2. The molecule has 0 spiro atoms. The molecule has 1 aliphatic heterocycles. The van der Waals surface area contributed by atoms with Crippen LogP contribution in [0.5, 0.6) is 0 Å². The first-order chi connectivity index (χ1) is 12.2. The molecule has 2 atom stereocenters. The van der Waals surface area contributed by atoms with E-state index < -0.39 is 0 Å². The maximum Gasteiger partial charge on any atom is 0.251 e. The second-order valence-corrected chi connectivity index (χ2v) is 6.48. The molecule has 2 unspecified atom stereocenters. The summed E-state index contributed by atoms with van der Waals surface area (Å²) in [6.45, 7) is 1.62. The minimum absolute atomic E-state index is 0.00879. The number of H-pyrrole nitrogens is 1. The Morgan fingerprint density at radius 3 is 2.84 bits per heavy atom. The Kier molecular flexibility index (Phi) is 4.24. The molecule has 1 aromatic heterocycles. The van der Waals surface area contributed by atoms with Crippen molar-refractivity contribution in [3.8, 4) is 0 Å². The van der Waals surface area contributed by atoms with Crippen molar-refractivity contribution < 1.29 is 9.18 Å². The van der Waals surface area contributed by atoms with Crippen molar-refractivity contribution in [3.05, 3.63) is 71.7 Å². The van der Waals surface area contributed by atoms with Gasteiger partial charge in [0.05, 0.1) is 0 Å². The highest BCUT2D eigenvalue weighted by atomic mass is 19.1. The van der Waals surface area contributed by atoms with Crippen LogP contribution in [0.4, 0.5) is 4.39 Å². The summed E-state index contributed by atoms with van der Waals surface area (Å²) in [5, 5.41) is 7.54. The van der Waals surface area contributed by atoms with Crippen LogP contribution in [0.1, 0.15) is 28.3 Å². The molecule has 1 amide bonds. The third-order valence-electron chi connectivity index (χ3n) is 4.91. The normalized spacial score (nSPS) is 20.5. The van der Waals surface area contributed by atoms with Gasteiger partial charge >= 0.3 is 0 Å². The average Bonchev–Trinajstić information content (AvgIpc) is 3.05. The number of rotatable bonds is 3. The summed E-state index contributed by atoms with van der Waals surface area (Å²) < 4.78 is 13.4. The zero-order chi connectivity index (χ0) is 17.2. The number of halogens is 1. The van der Waals surface area contributed by atoms with Crippen LogP contribution in [0, 0.1) is 5.82 Å². The molecule has 1 aliphatic rings. The molecule has 4 nitrogen and oxygen atoms in total. The molecule has 3 N–H and O–H groups in total. The number of piperidine rings is 1. The van der Waals surface area contributed by atoms with Gasteiger partial charge < -0.3 is 15.6 Å². The second kappa shape index (κ2) is 6.69. The summed E-state index contributed by atoms with van der Waals surface area (Å²) in [6.07, 6.45) is 2.87. The highest BCUT2D eigenvalue weighted by molar-refractivity contribution is 5.94. The number of fused-ring (bicyclic) bond motifs is 1. The van der Waals surface area contributed by atoms with E-state index in [1.807, 2.05) is 42.6 Å². The lowest BCUT2D eigenvalue weighted by molar-refractivity contribution is 0.0924. The van der Waals surface area contributed by atoms with Crippen LogP contribution in [0.3, 0.4) is 0 Å².